The fourth-order valence-corrected chi connectivity index (χ4v) is 0.810. The molecule has 2 aromatic heterocycles. The van der Waals surface area contributed by atoms with Crippen LogP contribution in [0.15, 0.2) is 54.3 Å². The van der Waals surface area contributed by atoms with Crippen molar-refractivity contribution < 1.29 is 0 Å². The van der Waals surface area contributed by atoms with Crippen LogP contribution in [0.5, 0.6) is 0 Å². The first-order valence-electron chi connectivity index (χ1n) is 4.49. The highest BCUT2D eigenvalue weighted by atomic mass is 15.2. The molecule has 16 heavy (non-hydrogen) atoms. The third kappa shape index (κ3) is 4.14. The summed E-state index contributed by atoms with van der Waals surface area (Å²) in [6.45, 7) is 0. The van der Waals surface area contributed by atoms with E-state index < -0.39 is 0 Å². The number of hydrogen-bond acceptors (Lipinski definition) is 5. The SMILES string of the molecule is NN=C(N)c1cnccn1.c1ccncc1. The molecular weight excluding hydrogens is 204 g/mol. The molecule has 4 N–H and O–H groups in total. The lowest BCUT2D eigenvalue weighted by molar-refractivity contribution is 1.14. The van der Waals surface area contributed by atoms with Gasteiger partial charge in [-0.05, 0) is 12.1 Å². The minimum Gasteiger partial charge on any atom is -0.380 e. The molecule has 0 saturated heterocycles. The van der Waals surface area contributed by atoms with Gasteiger partial charge in [0.15, 0.2) is 5.84 Å². The van der Waals surface area contributed by atoms with Gasteiger partial charge in [-0.1, -0.05) is 6.07 Å². The van der Waals surface area contributed by atoms with Crippen LogP contribution < -0.4 is 11.6 Å². The van der Waals surface area contributed by atoms with Crippen molar-refractivity contribution in [3.63, 3.8) is 0 Å². The Morgan fingerprint density at radius 1 is 1.00 bits per heavy atom. The molecule has 6 nitrogen and oxygen atoms in total. The van der Waals surface area contributed by atoms with Crippen molar-refractivity contribution in [2.45, 2.75) is 0 Å². The van der Waals surface area contributed by atoms with Crippen LogP contribution in [0.1, 0.15) is 5.69 Å². The number of nitrogens with zero attached hydrogens (tertiary/aromatic N) is 4. The van der Waals surface area contributed by atoms with Crippen molar-refractivity contribution in [3.8, 4) is 0 Å². The summed E-state index contributed by atoms with van der Waals surface area (Å²) in [5.41, 5.74) is 5.81. The van der Waals surface area contributed by atoms with Crippen LogP contribution >= 0.6 is 0 Å². The molecule has 0 aliphatic carbocycles. The van der Waals surface area contributed by atoms with Gasteiger partial charge in [-0.25, -0.2) is 4.98 Å². The molecule has 0 radical (unpaired) electrons. The highest BCUT2D eigenvalue weighted by Crippen LogP contribution is 1.86. The first-order valence-corrected chi connectivity index (χ1v) is 4.49. The minimum atomic E-state index is 0.188. The van der Waals surface area contributed by atoms with Gasteiger partial charge in [-0.2, -0.15) is 5.10 Å². The smallest absolute Gasteiger partial charge is 0.170 e. The molecule has 2 heterocycles. The quantitative estimate of drug-likeness (QED) is 0.305. The van der Waals surface area contributed by atoms with E-state index in [0.717, 1.165) is 0 Å². The molecule has 2 rings (SSSR count). The van der Waals surface area contributed by atoms with E-state index in [1.165, 1.54) is 12.4 Å². The number of rotatable bonds is 1. The van der Waals surface area contributed by atoms with E-state index in [4.69, 9.17) is 11.6 Å². The number of aromatic nitrogens is 3. The van der Waals surface area contributed by atoms with E-state index in [9.17, 15) is 0 Å². The van der Waals surface area contributed by atoms with Gasteiger partial charge < -0.3 is 11.6 Å². The maximum Gasteiger partial charge on any atom is 0.170 e. The first kappa shape index (κ1) is 11.6. The highest BCUT2D eigenvalue weighted by molar-refractivity contribution is 5.94. The van der Waals surface area contributed by atoms with Crippen molar-refractivity contribution in [1.29, 1.82) is 0 Å². The molecule has 0 bridgehead atoms. The van der Waals surface area contributed by atoms with Gasteiger partial charge in [-0.3, -0.25) is 9.97 Å². The summed E-state index contributed by atoms with van der Waals surface area (Å²) in [7, 11) is 0. The Balaban J connectivity index is 0.000000181. The zero-order chi connectivity index (χ0) is 11.6. The summed E-state index contributed by atoms with van der Waals surface area (Å²) in [5, 5.41) is 3.25. The molecule has 0 saturated carbocycles. The molecule has 82 valence electrons. The molecule has 0 atom stereocenters. The number of hydrogen-bond donors (Lipinski definition) is 2. The van der Waals surface area contributed by atoms with Crippen molar-refractivity contribution in [3.05, 3.63) is 54.9 Å². The molecule has 0 unspecified atom stereocenters. The fraction of sp³-hybridized carbons (Fsp3) is 0. The van der Waals surface area contributed by atoms with Crippen molar-refractivity contribution in [1.82, 2.24) is 15.0 Å². The highest BCUT2D eigenvalue weighted by Gasteiger charge is 1.95. The minimum absolute atomic E-state index is 0.188. The summed E-state index contributed by atoms with van der Waals surface area (Å²) in [4.78, 5) is 11.4. The average Bonchev–Trinajstić information content (AvgIpc) is 2.41. The van der Waals surface area contributed by atoms with Crippen molar-refractivity contribution >= 4 is 5.84 Å². The van der Waals surface area contributed by atoms with E-state index >= 15 is 0 Å². The zero-order valence-corrected chi connectivity index (χ0v) is 8.56. The molecule has 0 aliphatic heterocycles. The molecule has 0 aliphatic rings. The summed E-state index contributed by atoms with van der Waals surface area (Å²) < 4.78 is 0. The van der Waals surface area contributed by atoms with Gasteiger partial charge in [0, 0.05) is 24.8 Å². The Labute approximate surface area is 93.1 Å². The second-order valence-electron chi connectivity index (χ2n) is 2.63. The van der Waals surface area contributed by atoms with E-state index in [-0.39, 0.29) is 5.84 Å². The van der Waals surface area contributed by atoms with Crippen LogP contribution in [0.2, 0.25) is 0 Å². The standard InChI is InChI=1S/C5H7N5.C5H5N/c6-5(10-7)4-3-8-1-2-9-4;1-2-4-6-5-3-1/h1-3H,7H2,(H2,6,10);1-5H. The van der Waals surface area contributed by atoms with E-state index in [2.05, 4.69) is 20.1 Å². The monoisotopic (exact) mass is 216 g/mol. The molecular formula is C10H12N6. The predicted octanol–water partition coefficient (Wildman–Crippen LogP) is 0.137. The molecule has 0 spiro atoms. The van der Waals surface area contributed by atoms with Crippen molar-refractivity contribution in [2.24, 2.45) is 16.7 Å². The summed E-state index contributed by atoms with van der Waals surface area (Å²) in [6, 6.07) is 5.72. The largest absolute Gasteiger partial charge is 0.380 e. The van der Waals surface area contributed by atoms with Crippen LogP contribution in [0, 0.1) is 0 Å². The second kappa shape index (κ2) is 6.88. The number of hydrazone groups is 1. The van der Waals surface area contributed by atoms with Crippen molar-refractivity contribution in [2.75, 3.05) is 0 Å². The van der Waals surface area contributed by atoms with Crippen LogP contribution in [0.4, 0.5) is 0 Å². The second-order valence-corrected chi connectivity index (χ2v) is 2.63. The Morgan fingerprint density at radius 3 is 2.12 bits per heavy atom. The van der Waals surface area contributed by atoms with E-state index in [1.807, 2.05) is 18.2 Å². The summed E-state index contributed by atoms with van der Waals surface area (Å²) >= 11 is 0. The number of pyridine rings is 1. The summed E-state index contributed by atoms with van der Waals surface area (Å²) in [5.74, 6) is 5.09. The van der Waals surface area contributed by atoms with Gasteiger partial charge in [0.1, 0.15) is 5.69 Å². The lowest BCUT2D eigenvalue weighted by atomic mass is 10.4. The number of nitrogens with two attached hydrogens (primary N) is 2. The molecule has 6 heteroatoms. The maximum atomic E-state index is 5.32. The lowest BCUT2D eigenvalue weighted by Gasteiger charge is -1.93. The summed E-state index contributed by atoms with van der Waals surface area (Å²) in [6.07, 6.45) is 8.06. The molecule has 2 aromatic rings. The van der Waals surface area contributed by atoms with Crippen LogP contribution in [-0.4, -0.2) is 20.8 Å². The Morgan fingerprint density at radius 2 is 1.75 bits per heavy atom. The van der Waals surface area contributed by atoms with Gasteiger partial charge in [0.25, 0.3) is 0 Å². The third-order valence-electron chi connectivity index (χ3n) is 1.53. The van der Waals surface area contributed by atoms with Gasteiger partial charge in [-0.15, -0.1) is 0 Å². The van der Waals surface area contributed by atoms with Crippen LogP contribution in [-0.2, 0) is 0 Å². The third-order valence-corrected chi connectivity index (χ3v) is 1.53. The average molecular weight is 216 g/mol. The normalized spacial score (nSPS) is 10.1. The van der Waals surface area contributed by atoms with E-state index in [1.54, 1.807) is 18.6 Å². The van der Waals surface area contributed by atoms with Gasteiger partial charge >= 0.3 is 0 Å². The maximum absolute atomic E-state index is 5.32. The Hall–Kier alpha value is -2.50. The Bertz CT molecular complexity index is 387. The molecule has 0 aromatic carbocycles. The first-order chi connectivity index (χ1) is 7.84. The van der Waals surface area contributed by atoms with Gasteiger partial charge in [0.05, 0.1) is 6.20 Å². The van der Waals surface area contributed by atoms with Gasteiger partial charge in [0.2, 0.25) is 0 Å². The van der Waals surface area contributed by atoms with Crippen LogP contribution in [0.3, 0.4) is 0 Å². The fourth-order valence-electron chi connectivity index (χ4n) is 0.810. The zero-order valence-electron chi connectivity index (χ0n) is 8.56. The van der Waals surface area contributed by atoms with E-state index in [0.29, 0.717) is 5.69 Å². The lowest BCUT2D eigenvalue weighted by Crippen LogP contribution is -2.17. The molecule has 0 fully saturated rings. The topological polar surface area (TPSA) is 103 Å². The molecule has 0 amide bonds. The Kier molecular flexibility index (Phi) is 4.98. The van der Waals surface area contributed by atoms with Crippen LogP contribution in [0.25, 0.3) is 0 Å². The predicted molar refractivity (Wildman–Crippen MR) is 61.2 cm³/mol. The number of amidine groups is 1.